The second-order valence-electron chi connectivity index (χ2n) is 15.2. The van der Waals surface area contributed by atoms with Crippen LogP contribution in [0.4, 0.5) is 0 Å². The lowest BCUT2D eigenvalue weighted by Crippen LogP contribution is -2.28. The van der Waals surface area contributed by atoms with E-state index in [1.54, 1.807) is 18.2 Å². The summed E-state index contributed by atoms with van der Waals surface area (Å²) in [6.07, 6.45) is 0. The standard InChI is InChI=1S/C26H29O2P.C23H21Cl2O2P/c1-16-14-19(4)25(20(5)15-16)26(27)29(28,23-12-8-10-17(2)21(23)6)24-13-9-11-18(3)22(24)7;1-14-8-10-16(3)20(12-14)28(27,21-13-15(2)9-11-17(21)4)23(26)22-18(24)6-5-7-19(22)25/h8-15H,1-7H3;5-13H,1-4H3. The van der Waals surface area contributed by atoms with Crippen LogP contribution in [-0.2, 0) is 9.13 Å². The number of halogens is 2. The Morgan fingerprint density at radius 3 is 1.18 bits per heavy atom. The minimum absolute atomic E-state index is 0.107. The fourth-order valence-corrected chi connectivity index (χ4v) is 14.6. The molecule has 0 aromatic heterocycles. The fraction of sp³-hybridized carbons (Fsp3) is 0.224. The number of hydrogen-bond donors (Lipinski definition) is 0. The number of aryl methyl sites for hydroxylation is 9. The third-order valence-electron chi connectivity index (χ3n) is 10.9. The van der Waals surface area contributed by atoms with E-state index in [-0.39, 0.29) is 21.1 Å². The second kappa shape index (κ2) is 17.3. The number of carbonyl (C=O) groups excluding carboxylic acids is 2. The smallest absolute Gasteiger partial charge is 0.233 e. The Balaban J connectivity index is 0.000000218. The van der Waals surface area contributed by atoms with Gasteiger partial charge in [0, 0.05) is 26.8 Å². The zero-order chi connectivity index (χ0) is 42.1. The van der Waals surface area contributed by atoms with Crippen molar-refractivity contribution in [3.8, 4) is 0 Å². The summed E-state index contributed by atoms with van der Waals surface area (Å²) in [5, 5.41) is 2.76. The van der Waals surface area contributed by atoms with Gasteiger partial charge in [0.05, 0.1) is 15.6 Å². The zero-order valence-corrected chi connectivity index (χ0v) is 37.9. The molecule has 0 radical (unpaired) electrons. The lowest BCUT2D eigenvalue weighted by atomic mass is 10.0. The molecule has 0 heterocycles. The topological polar surface area (TPSA) is 68.3 Å². The van der Waals surface area contributed by atoms with Gasteiger partial charge in [-0.2, -0.15) is 0 Å². The predicted molar refractivity (Wildman–Crippen MR) is 243 cm³/mol. The molecule has 4 nitrogen and oxygen atoms in total. The highest BCUT2D eigenvalue weighted by atomic mass is 35.5. The van der Waals surface area contributed by atoms with Crippen molar-refractivity contribution in [3.63, 3.8) is 0 Å². The first-order valence-electron chi connectivity index (χ1n) is 18.9. The maximum absolute atomic E-state index is 14.9. The largest absolute Gasteiger partial charge is 0.305 e. The van der Waals surface area contributed by atoms with Crippen molar-refractivity contribution in [3.05, 3.63) is 185 Å². The SMILES string of the molecule is Cc1cc(C)c(C(=O)P(=O)(c2cccc(C)c2C)c2cccc(C)c2C)c(C)c1.Cc1ccc(C)c(P(=O)(C(=O)c2c(Cl)cccc2Cl)c2cc(C)ccc2C)c1. The van der Waals surface area contributed by atoms with Crippen LogP contribution in [0.25, 0.3) is 0 Å². The molecule has 0 atom stereocenters. The lowest BCUT2D eigenvalue weighted by molar-refractivity contribution is 0.107. The molecule has 0 fully saturated rings. The monoisotopic (exact) mass is 834 g/mol. The van der Waals surface area contributed by atoms with Gasteiger partial charge in [0.15, 0.2) is 0 Å². The number of benzene rings is 6. The van der Waals surface area contributed by atoms with Gasteiger partial charge in [0.2, 0.25) is 25.3 Å². The lowest BCUT2D eigenvalue weighted by Gasteiger charge is -2.24. The van der Waals surface area contributed by atoms with Crippen molar-refractivity contribution in [1.82, 2.24) is 0 Å². The molecule has 0 aliphatic heterocycles. The average Bonchev–Trinajstić information content (AvgIpc) is 3.15. The molecule has 6 aromatic rings. The van der Waals surface area contributed by atoms with E-state index in [2.05, 4.69) is 0 Å². The van der Waals surface area contributed by atoms with Crippen LogP contribution >= 0.6 is 37.5 Å². The Morgan fingerprint density at radius 2 is 0.754 bits per heavy atom. The van der Waals surface area contributed by atoms with Crippen molar-refractivity contribution in [2.24, 2.45) is 0 Å². The van der Waals surface area contributed by atoms with Crippen molar-refractivity contribution in [2.45, 2.75) is 76.2 Å². The van der Waals surface area contributed by atoms with Gasteiger partial charge < -0.3 is 9.13 Å². The molecule has 0 bridgehead atoms. The molecule has 0 N–H and O–H groups in total. The average molecular weight is 836 g/mol. The van der Waals surface area contributed by atoms with E-state index in [0.29, 0.717) is 26.8 Å². The predicted octanol–water partition coefficient (Wildman–Crippen LogP) is 12.4. The molecule has 0 aliphatic rings. The molecule has 294 valence electrons. The highest BCUT2D eigenvalue weighted by Gasteiger charge is 2.42. The van der Waals surface area contributed by atoms with Crippen molar-refractivity contribution >= 4 is 69.8 Å². The summed E-state index contributed by atoms with van der Waals surface area (Å²) in [5.41, 5.74) is 10.1. The maximum Gasteiger partial charge on any atom is 0.233 e. The molecule has 6 rings (SSSR count). The Bertz CT molecular complexity index is 2520. The first kappa shape index (κ1) is 43.8. The second-order valence-corrected chi connectivity index (χ2v) is 21.2. The van der Waals surface area contributed by atoms with E-state index < -0.39 is 19.8 Å². The summed E-state index contributed by atoms with van der Waals surface area (Å²) < 4.78 is 29.6. The summed E-state index contributed by atoms with van der Waals surface area (Å²) in [4.78, 5) is 27.9. The van der Waals surface area contributed by atoms with Gasteiger partial charge >= 0.3 is 0 Å². The molecule has 8 heteroatoms. The van der Waals surface area contributed by atoms with Crippen LogP contribution in [0.3, 0.4) is 0 Å². The Morgan fingerprint density at radius 1 is 0.386 bits per heavy atom. The molecule has 0 unspecified atom stereocenters. The van der Waals surface area contributed by atoms with Crippen LogP contribution in [-0.4, -0.2) is 11.0 Å². The molecule has 0 spiro atoms. The van der Waals surface area contributed by atoms with Crippen LogP contribution in [0.1, 0.15) is 81.9 Å². The molecule has 0 amide bonds. The third-order valence-corrected chi connectivity index (χ3v) is 17.7. The Labute approximate surface area is 348 Å². The minimum Gasteiger partial charge on any atom is -0.305 e. The van der Waals surface area contributed by atoms with Gasteiger partial charge in [0.1, 0.15) is 0 Å². The minimum atomic E-state index is -3.73. The van der Waals surface area contributed by atoms with E-state index in [4.69, 9.17) is 23.2 Å². The zero-order valence-electron chi connectivity index (χ0n) is 34.6. The van der Waals surface area contributed by atoms with Gasteiger partial charge in [-0.3, -0.25) is 9.59 Å². The van der Waals surface area contributed by atoms with Gasteiger partial charge in [-0.1, -0.05) is 119 Å². The third kappa shape index (κ3) is 8.35. The first-order valence-corrected chi connectivity index (χ1v) is 23.0. The molecule has 0 saturated heterocycles. The van der Waals surface area contributed by atoms with Crippen LogP contribution in [0.15, 0.2) is 103 Å². The van der Waals surface area contributed by atoms with E-state index in [1.165, 1.54) is 0 Å². The highest BCUT2D eigenvalue weighted by Crippen LogP contribution is 2.52. The van der Waals surface area contributed by atoms with Crippen LogP contribution in [0.5, 0.6) is 0 Å². The summed E-state index contributed by atoms with van der Waals surface area (Å²) in [6.45, 7) is 21.4. The fourth-order valence-electron chi connectivity index (χ4n) is 7.50. The summed E-state index contributed by atoms with van der Waals surface area (Å²) in [5.74, 6) is 0. The Kier molecular flexibility index (Phi) is 13.3. The van der Waals surface area contributed by atoms with Gasteiger partial charge in [-0.25, -0.2) is 0 Å². The van der Waals surface area contributed by atoms with Crippen molar-refractivity contribution < 1.29 is 18.7 Å². The number of rotatable bonds is 8. The van der Waals surface area contributed by atoms with E-state index in [1.807, 2.05) is 161 Å². The van der Waals surface area contributed by atoms with Gasteiger partial charge in [0.25, 0.3) is 0 Å². The molecule has 57 heavy (non-hydrogen) atoms. The summed E-state index contributed by atoms with van der Waals surface area (Å²) >= 11 is 12.6. The molecule has 0 saturated carbocycles. The van der Waals surface area contributed by atoms with Crippen molar-refractivity contribution in [1.29, 1.82) is 0 Å². The molecule has 6 aromatic carbocycles. The molecular formula is C49H50Cl2O4P2. The van der Waals surface area contributed by atoms with Crippen LogP contribution in [0.2, 0.25) is 10.0 Å². The van der Waals surface area contributed by atoms with Crippen LogP contribution < -0.4 is 21.2 Å². The normalized spacial score (nSPS) is 11.5. The number of hydrogen-bond acceptors (Lipinski definition) is 4. The van der Waals surface area contributed by atoms with Crippen LogP contribution in [0, 0.1) is 76.2 Å². The maximum atomic E-state index is 14.9. The summed E-state index contributed by atoms with van der Waals surface area (Å²) in [7, 11) is -7.30. The van der Waals surface area contributed by atoms with E-state index in [9.17, 15) is 18.7 Å². The van der Waals surface area contributed by atoms with Crippen molar-refractivity contribution in [2.75, 3.05) is 0 Å². The summed E-state index contributed by atoms with van der Waals surface area (Å²) in [6, 6.07) is 31.7. The molecular weight excluding hydrogens is 785 g/mol. The first-order chi connectivity index (χ1) is 26.7. The van der Waals surface area contributed by atoms with Gasteiger partial charge in [-0.05, 0) is 145 Å². The molecule has 0 aliphatic carbocycles. The number of carbonyl (C=O) groups is 2. The van der Waals surface area contributed by atoms with E-state index >= 15 is 0 Å². The van der Waals surface area contributed by atoms with E-state index in [0.717, 1.165) is 61.2 Å². The quantitative estimate of drug-likeness (QED) is 0.143. The van der Waals surface area contributed by atoms with Gasteiger partial charge in [-0.15, -0.1) is 0 Å². The Hall–Kier alpha value is -4.30. The highest BCUT2D eigenvalue weighted by molar-refractivity contribution is 7.94.